The molecule has 2 aliphatic rings. The molecule has 1 N–H and O–H groups in total. The fourth-order valence-corrected chi connectivity index (χ4v) is 3.99. The van der Waals surface area contributed by atoms with Crippen molar-refractivity contribution >= 4 is 0 Å². The lowest BCUT2D eigenvalue weighted by molar-refractivity contribution is -0.159. The van der Waals surface area contributed by atoms with Gasteiger partial charge in [-0.25, -0.2) is 0 Å². The summed E-state index contributed by atoms with van der Waals surface area (Å²) >= 11 is 0. The number of ether oxygens (including phenoxy) is 1. The molecule has 3 heteroatoms. The molecule has 1 fully saturated rings. The largest absolute Gasteiger partial charge is 0.497 e. The lowest BCUT2D eigenvalue weighted by Crippen LogP contribution is -2.63. The molecule has 0 amide bonds. The highest BCUT2D eigenvalue weighted by Crippen LogP contribution is 2.54. The zero-order valence-corrected chi connectivity index (χ0v) is 12.2. The second-order valence-electron chi connectivity index (χ2n) is 6.56. The molecule has 1 saturated heterocycles. The van der Waals surface area contributed by atoms with Crippen molar-refractivity contribution in [1.29, 1.82) is 0 Å². The number of hydrogen-bond donors (Lipinski definition) is 1. The van der Waals surface area contributed by atoms with Crippen molar-refractivity contribution in [2.75, 3.05) is 20.7 Å². The molecule has 3 nitrogen and oxygen atoms in total. The second kappa shape index (κ2) is 3.97. The third-order valence-corrected chi connectivity index (χ3v) is 5.43. The Kier molecular flexibility index (Phi) is 2.70. The summed E-state index contributed by atoms with van der Waals surface area (Å²) in [5.41, 5.74) is 1.45. The van der Waals surface area contributed by atoms with Crippen molar-refractivity contribution in [3.63, 3.8) is 0 Å². The van der Waals surface area contributed by atoms with Crippen LogP contribution in [0.25, 0.3) is 0 Å². The van der Waals surface area contributed by atoms with E-state index in [1.165, 1.54) is 5.56 Å². The Bertz CT molecular complexity index is 511. The van der Waals surface area contributed by atoms with Crippen molar-refractivity contribution < 1.29 is 9.84 Å². The van der Waals surface area contributed by atoms with Crippen LogP contribution in [0.1, 0.15) is 31.4 Å². The van der Waals surface area contributed by atoms with Gasteiger partial charge >= 0.3 is 0 Å². The summed E-state index contributed by atoms with van der Waals surface area (Å²) in [6, 6.07) is 6.53. The van der Waals surface area contributed by atoms with E-state index >= 15 is 0 Å². The summed E-state index contributed by atoms with van der Waals surface area (Å²) in [7, 11) is 3.84. The van der Waals surface area contributed by atoms with Crippen LogP contribution in [-0.4, -0.2) is 36.8 Å². The predicted molar refractivity (Wildman–Crippen MR) is 75.4 cm³/mol. The summed E-state index contributed by atoms with van der Waals surface area (Å²) < 4.78 is 5.33. The molecule has 0 radical (unpaired) electrons. The Morgan fingerprint density at radius 2 is 2.11 bits per heavy atom. The van der Waals surface area contributed by atoms with Gasteiger partial charge in [0.25, 0.3) is 0 Å². The quantitative estimate of drug-likeness (QED) is 0.841. The van der Waals surface area contributed by atoms with E-state index < -0.39 is 5.60 Å². The van der Waals surface area contributed by atoms with Gasteiger partial charge in [-0.3, -0.25) is 0 Å². The standard InChI is InChI=1S/C16H23NO2/c1-15(2)14-9-11-5-6-12(19-4)10-13(11)16(15,18)7-8-17(14)3/h5-6,10,14,18H,7-9H2,1-4H3. The van der Waals surface area contributed by atoms with Gasteiger partial charge in [-0.1, -0.05) is 19.9 Å². The van der Waals surface area contributed by atoms with Crippen LogP contribution in [0.4, 0.5) is 0 Å². The molecule has 0 saturated carbocycles. The Balaban J connectivity index is 2.19. The van der Waals surface area contributed by atoms with Gasteiger partial charge in [0.1, 0.15) is 5.75 Å². The molecule has 3 rings (SSSR count). The van der Waals surface area contributed by atoms with E-state index in [1.54, 1.807) is 7.11 Å². The minimum atomic E-state index is -0.744. The van der Waals surface area contributed by atoms with E-state index in [0.717, 1.165) is 30.7 Å². The number of nitrogens with zero attached hydrogens (tertiary/aromatic N) is 1. The molecule has 1 aromatic carbocycles. The van der Waals surface area contributed by atoms with Crippen LogP contribution in [0.3, 0.4) is 0 Å². The van der Waals surface area contributed by atoms with Gasteiger partial charge in [-0.2, -0.15) is 0 Å². The summed E-state index contributed by atoms with van der Waals surface area (Å²) in [4.78, 5) is 2.39. The van der Waals surface area contributed by atoms with Crippen LogP contribution < -0.4 is 4.74 Å². The Morgan fingerprint density at radius 1 is 1.37 bits per heavy atom. The first kappa shape index (κ1) is 12.9. The van der Waals surface area contributed by atoms with Gasteiger partial charge in [0.05, 0.1) is 12.7 Å². The number of benzene rings is 1. The molecular formula is C16H23NO2. The number of likely N-dealkylation sites (N-methyl/N-ethyl adjacent to an activating group) is 1. The van der Waals surface area contributed by atoms with E-state index in [4.69, 9.17) is 4.74 Å². The maximum atomic E-state index is 11.3. The molecule has 1 aromatic rings. The minimum absolute atomic E-state index is 0.140. The SMILES string of the molecule is COc1ccc2c(c1)C1(O)CCN(C)C(C2)C1(C)C. The van der Waals surface area contributed by atoms with Crippen LogP contribution in [-0.2, 0) is 12.0 Å². The molecule has 19 heavy (non-hydrogen) atoms. The number of aliphatic hydroxyl groups is 1. The highest BCUT2D eigenvalue weighted by atomic mass is 16.5. The van der Waals surface area contributed by atoms with Gasteiger partial charge in [0.15, 0.2) is 0 Å². The highest BCUT2D eigenvalue weighted by molar-refractivity contribution is 5.44. The normalized spacial score (nSPS) is 32.8. The van der Waals surface area contributed by atoms with Gasteiger partial charge in [0.2, 0.25) is 0 Å². The third-order valence-electron chi connectivity index (χ3n) is 5.43. The summed E-state index contributed by atoms with van der Waals surface area (Å²) in [5, 5.41) is 11.3. The smallest absolute Gasteiger partial charge is 0.119 e. The van der Waals surface area contributed by atoms with Gasteiger partial charge < -0.3 is 14.7 Å². The number of fused-ring (bicyclic) bond motifs is 4. The molecule has 104 valence electrons. The second-order valence-corrected chi connectivity index (χ2v) is 6.56. The molecule has 1 heterocycles. The molecule has 1 aliphatic heterocycles. The number of rotatable bonds is 1. The minimum Gasteiger partial charge on any atom is -0.497 e. The van der Waals surface area contributed by atoms with Gasteiger partial charge in [-0.15, -0.1) is 0 Å². The first-order valence-corrected chi connectivity index (χ1v) is 7.00. The first-order chi connectivity index (χ1) is 8.90. The lowest BCUT2D eigenvalue weighted by atomic mass is 9.56. The van der Waals surface area contributed by atoms with E-state index in [0.29, 0.717) is 6.04 Å². The molecule has 0 aromatic heterocycles. The maximum Gasteiger partial charge on any atom is 0.119 e. The topological polar surface area (TPSA) is 32.7 Å². The van der Waals surface area contributed by atoms with E-state index in [2.05, 4.69) is 31.9 Å². The van der Waals surface area contributed by atoms with Crippen molar-refractivity contribution in [3.8, 4) is 5.75 Å². The van der Waals surface area contributed by atoms with Crippen molar-refractivity contribution in [1.82, 2.24) is 4.90 Å². The number of piperidine rings is 1. The van der Waals surface area contributed by atoms with Crippen molar-refractivity contribution in [3.05, 3.63) is 29.3 Å². The Hall–Kier alpha value is -1.06. The van der Waals surface area contributed by atoms with Crippen molar-refractivity contribution in [2.24, 2.45) is 5.41 Å². The number of hydrogen-bond acceptors (Lipinski definition) is 3. The van der Waals surface area contributed by atoms with E-state index in [-0.39, 0.29) is 5.41 Å². The zero-order chi connectivity index (χ0) is 13.8. The average molecular weight is 261 g/mol. The van der Waals surface area contributed by atoms with Crippen molar-refractivity contribution in [2.45, 2.75) is 38.3 Å². The van der Waals surface area contributed by atoms with Crippen LogP contribution in [0, 0.1) is 5.41 Å². The number of likely N-dealkylation sites (tertiary alicyclic amines) is 1. The first-order valence-electron chi connectivity index (χ1n) is 7.00. The number of methoxy groups -OCH3 is 1. The van der Waals surface area contributed by atoms with Gasteiger partial charge in [-0.05, 0) is 43.1 Å². The molecular weight excluding hydrogens is 238 g/mol. The molecule has 1 aliphatic carbocycles. The Morgan fingerprint density at radius 3 is 2.79 bits per heavy atom. The van der Waals surface area contributed by atoms with E-state index in [9.17, 15) is 5.11 Å². The molecule has 2 atom stereocenters. The average Bonchev–Trinajstić information content (AvgIpc) is 2.38. The van der Waals surface area contributed by atoms with Crippen LogP contribution in [0.5, 0.6) is 5.75 Å². The highest BCUT2D eigenvalue weighted by Gasteiger charge is 2.57. The summed E-state index contributed by atoms with van der Waals surface area (Å²) in [6.45, 7) is 5.33. The third kappa shape index (κ3) is 1.58. The molecule has 0 spiro atoms. The summed E-state index contributed by atoms with van der Waals surface area (Å²) in [6.07, 6.45) is 1.79. The monoisotopic (exact) mass is 261 g/mol. The van der Waals surface area contributed by atoms with Crippen LogP contribution in [0.15, 0.2) is 18.2 Å². The summed E-state index contributed by atoms with van der Waals surface area (Å²) in [5.74, 6) is 0.834. The van der Waals surface area contributed by atoms with Crippen LogP contribution in [0.2, 0.25) is 0 Å². The van der Waals surface area contributed by atoms with E-state index in [1.807, 2.05) is 12.1 Å². The fraction of sp³-hybridized carbons (Fsp3) is 0.625. The Labute approximate surface area is 115 Å². The predicted octanol–water partition coefficient (Wildman–Crippen LogP) is 2.17. The van der Waals surface area contributed by atoms with Crippen LogP contribution >= 0.6 is 0 Å². The molecule has 2 unspecified atom stereocenters. The maximum absolute atomic E-state index is 11.3. The fourth-order valence-electron chi connectivity index (χ4n) is 3.99. The van der Waals surface area contributed by atoms with Gasteiger partial charge in [0, 0.05) is 18.0 Å². The zero-order valence-electron chi connectivity index (χ0n) is 12.2. The lowest BCUT2D eigenvalue weighted by Gasteiger charge is -2.58. The molecule has 2 bridgehead atoms.